The van der Waals surface area contributed by atoms with Crippen LogP contribution in [0.15, 0.2) is 0 Å². The summed E-state index contributed by atoms with van der Waals surface area (Å²) in [5.41, 5.74) is 0. The molecule has 0 bridgehead atoms. The summed E-state index contributed by atoms with van der Waals surface area (Å²) in [7, 11) is 0. The highest BCUT2D eigenvalue weighted by atomic mass is 16.2. The zero-order chi connectivity index (χ0) is 11.7. The van der Waals surface area contributed by atoms with Gasteiger partial charge in [0.05, 0.1) is 5.92 Å². The quantitative estimate of drug-likeness (QED) is 0.712. The van der Waals surface area contributed by atoms with Gasteiger partial charge in [-0.2, -0.15) is 0 Å². The van der Waals surface area contributed by atoms with Crippen molar-refractivity contribution in [1.82, 2.24) is 15.1 Å². The number of nitrogens with one attached hydrogen (secondary N) is 1. The summed E-state index contributed by atoms with van der Waals surface area (Å²) >= 11 is 0. The fourth-order valence-corrected chi connectivity index (χ4v) is 3.51. The first-order valence-corrected chi connectivity index (χ1v) is 7.08. The lowest BCUT2D eigenvalue weighted by molar-refractivity contribution is -0.138. The number of hydrogen-bond acceptors (Lipinski definition) is 3. The van der Waals surface area contributed by atoms with E-state index in [1.807, 2.05) is 0 Å². The Morgan fingerprint density at radius 2 is 2.06 bits per heavy atom. The first kappa shape index (κ1) is 11.5. The molecule has 17 heavy (non-hydrogen) atoms. The molecule has 3 saturated heterocycles. The fraction of sp³-hybridized carbons (Fsp3) is 0.923. The first-order chi connectivity index (χ1) is 8.34. The van der Waals surface area contributed by atoms with Crippen molar-refractivity contribution in [2.45, 2.75) is 31.7 Å². The van der Waals surface area contributed by atoms with E-state index >= 15 is 0 Å². The molecule has 96 valence electrons. The maximum absolute atomic E-state index is 12.4. The van der Waals surface area contributed by atoms with Crippen LogP contribution >= 0.6 is 0 Å². The molecule has 0 saturated carbocycles. The summed E-state index contributed by atoms with van der Waals surface area (Å²) in [5, 5.41) is 3.34. The number of rotatable bonds is 1. The lowest BCUT2D eigenvalue weighted by Crippen LogP contribution is -2.54. The van der Waals surface area contributed by atoms with Crippen LogP contribution < -0.4 is 5.32 Å². The Kier molecular flexibility index (Phi) is 3.34. The van der Waals surface area contributed by atoms with E-state index in [2.05, 4.69) is 15.1 Å². The number of amides is 1. The minimum atomic E-state index is 0.247. The van der Waals surface area contributed by atoms with Crippen molar-refractivity contribution in [2.24, 2.45) is 5.92 Å². The number of piperazine rings is 1. The van der Waals surface area contributed by atoms with Gasteiger partial charge in [0.25, 0.3) is 0 Å². The summed E-state index contributed by atoms with van der Waals surface area (Å²) in [6.45, 7) is 6.25. The molecule has 0 aromatic heterocycles. The molecule has 1 N–H and O–H groups in total. The Morgan fingerprint density at radius 3 is 2.88 bits per heavy atom. The van der Waals surface area contributed by atoms with Crippen molar-refractivity contribution in [3.8, 4) is 0 Å². The van der Waals surface area contributed by atoms with Gasteiger partial charge in [0.2, 0.25) is 5.91 Å². The lowest BCUT2D eigenvalue weighted by Gasteiger charge is -2.39. The summed E-state index contributed by atoms with van der Waals surface area (Å²) < 4.78 is 0. The molecule has 3 aliphatic heterocycles. The van der Waals surface area contributed by atoms with Crippen LogP contribution in [0.2, 0.25) is 0 Å². The lowest BCUT2D eigenvalue weighted by atomic mass is 9.97. The topological polar surface area (TPSA) is 35.6 Å². The van der Waals surface area contributed by atoms with Gasteiger partial charge in [-0.05, 0) is 38.8 Å². The van der Waals surface area contributed by atoms with E-state index < -0.39 is 0 Å². The predicted octanol–water partition coefficient (Wildman–Crippen LogP) is 0.293. The van der Waals surface area contributed by atoms with Crippen LogP contribution in [0, 0.1) is 5.92 Å². The molecule has 0 aromatic carbocycles. The molecule has 2 unspecified atom stereocenters. The Balaban J connectivity index is 1.58. The predicted molar refractivity (Wildman–Crippen MR) is 66.8 cm³/mol. The summed E-state index contributed by atoms with van der Waals surface area (Å²) in [5.74, 6) is 0.653. The third kappa shape index (κ3) is 2.33. The molecular formula is C13H23N3O. The first-order valence-electron chi connectivity index (χ1n) is 7.08. The second kappa shape index (κ2) is 4.94. The third-order valence-corrected chi connectivity index (χ3v) is 4.55. The van der Waals surface area contributed by atoms with E-state index in [0.717, 1.165) is 45.6 Å². The molecule has 4 nitrogen and oxygen atoms in total. The number of piperidine rings is 1. The average molecular weight is 237 g/mol. The molecule has 1 amide bonds. The molecule has 0 aromatic rings. The Labute approximate surface area is 103 Å². The van der Waals surface area contributed by atoms with Crippen LogP contribution in [0.3, 0.4) is 0 Å². The number of hydrogen-bond donors (Lipinski definition) is 1. The third-order valence-electron chi connectivity index (χ3n) is 4.55. The molecule has 0 aliphatic carbocycles. The van der Waals surface area contributed by atoms with Crippen LogP contribution in [-0.4, -0.2) is 61.0 Å². The number of carbonyl (C=O) groups is 1. The molecule has 3 heterocycles. The summed E-state index contributed by atoms with van der Waals surface area (Å²) in [6.07, 6.45) is 4.83. The highest BCUT2D eigenvalue weighted by Gasteiger charge is 2.34. The number of nitrogens with zero attached hydrogens (tertiary/aromatic N) is 2. The molecular weight excluding hydrogens is 214 g/mol. The van der Waals surface area contributed by atoms with E-state index in [1.54, 1.807) is 0 Å². The maximum Gasteiger partial charge on any atom is 0.227 e. The van der Waals surface area contributed by atoms with E-state index in [4.69, 9.17) is 0 Å². The van der Waals surface area contributed by atoms with Crippen molar-refractivity contribution in [3.63, 3.8) is 0 Å². The second-order valence-electron chi connectivity index (χ2n) is 5.66. The highest BCUT2D eigenvalue weighted by molar-refractivity contribution is 5.79. The van der Waals surface area contributed by atoms with Crippen LogP contribution in [0.25, 0.3) is 0 Å². The fourth-order valence-electron chi connectivity index (χ4n) is 3.51. The summed E-state index contributed by atoms with van der Waals surface area (Å²) in [4.78, 5) is 17.1. The highest BCUT2D eigenvalue weighted by Crippen LogP contribution is 2.23. The summed E-state index contributed by atoms with van der Waals surface area (Å²) in [6, 6.07) is 0.657. The molecule has 3 fully saturated rings. The number of fused-ring (bicyclic) bond motifs is 1. The number of carbonyl (C=O) groups excluding carboxylic acids is 1. The van der Waals surface area contributed by atoms with Crippen molar-refractivity contribution < 1.29 is 4.79 Å². The van der Waals surface area contributed by atoms with Gasteiger partial charge in [0.15, 0.2) is 0 Å². The van der Waals surface area contributed by atoms with E-state index in [0.29, 0.717) is 11.9 Å². The van der Waals surface area contributed by atoms with Gasteiger partial charge in [0.1, 0.15) is 0 Å². The molecule has 3 rings (SSSR count). The van der Waals surface area contributed by atoms with Gasteiger partial charge in [-0.3, -0.25) is 9.69 Å². The van der Waals surface area contributed by atoms with Crippen LogP contribution in [-0.2, 0) is 4.79 Å². The zero-order valence-electron chi connectivity index (χ0n) is 10.5. The molecule has 0 radical (unpaired) electrons. The van der Waals surface area contributed by atoms with Crippen LogP contribution in [0.5, 0.6) is 0 Å². The minimum Gasteiger partial charge on any atom is -0.340 e. The molecule has 2 atom stereocenters. The zero-order valence-corrected chi connectivity index (χ0v) is 10.5. The van der Waals surface area contributed by atoms with E-state index in [9.17, 15) is 4.79 Å². The SMILES string of the molecule is O=C(C1CCCNC1)N1CCN2CCCC2C1. The van der Waals surface area contributed by atoms with Gasteiger partial charge in [0, 0.05) is 32.2 Å². The van der Waals surface area contributed by atoms with Gasteiger partial charge < -0.3 is 10.2 Å². The van der Waals surface area contributed by atoms with Gasteiger partial charge in [-0.1, -0.05) is 0 Å². The van der Waals surface area contributed by atoms with E-state index in [1.165, 1.54) is 19.4 Å². The minimum absolute atomic E-state index is 0.247. The Hall–Kier alpha value is -0.610. The molecule has 3 aliphatic rings. The van der Waals surface area contributed by atoms with Crippen molar-refractivity contribution in [3.05, 3.63) is 0 Å². The van der Waals surface area contributed by atoms with Gasteiger partial charge in [-0.25, -0.2) is 0 Å². The smallest absolute Gasteiger partial charge is 0.227 e. The van der Waals surface area contributed by atoms with Crippen molar-refractivity contribution in [2.75, 3.05) is 39.3 Å². The largest absolute Gasteiger partial charge is 0.340 e. The van der Waals surface area contributed by atoms with Crippen LogP contribution in [0.4, 0.5) is 0 Å². The van der Waals surface area contributed by atoms with Gasteiger partial charge >= 0.3 is 0 Å². The average Bonchev–Trinajstić information content (AvgIpc) is 2.86. The standard InChI is InChI=1S/C13H23N3O/c17-13(11-3-1-5-14-9-11)16-8-7-15-6-2-4-12(15)10-16/h11-12,14H,1-10H2. The van der Waals surface area contributed by atoms with Crippen molar-refractivity contribution in [1.29, 1.82) is 0 Å². The Morgan fingerprint density at radius 1 is 1.12 bits per heavy atom. The van der Waals surface area contributed by atoms with Crippen molar-refractivity contribution >= 4 is 5.91 Å². The second-order valence-corrected chi connectivity index (χ2v) is 5.66. The van der Waals surface area contributed by atoms with E-state index in [-0.39, 0.29) is 5.92 Å². The Bertz CT molecular complexity index is 288. The molecule has 0 spiro atoms. The van der Waals surface area contributed by atoms with Gasteiger partial charge in [-0.15, -0.1) is 0 Å². The monoisotopic (exact) mass is 237 g/mol. The molecule has 4 heteroatoms. The maximum atomic E-state index is 12.4. The van der Waals surface area contributed by atoms with Crippen LogP contribution in [0.1, 0.15) is 25.7 Å². The normalized spacial score (nSPS) is 34.7.